The predicted molar refractivity (Wildman–Crippen MR) is 139 cm³/mol. The van der Waals surface area contributed by atoms with Gasteiger partial charge in [0.15, 0.2) is 0 Å². The molecule has 1 saturated carbocycles. The second kappa shape index (κ2) is 10.7. The number of nitrogens with zero attached hydrogens (tertiary/aromatic N) is 5. The molecule has 0 bridgehead atoms. The van der Waals surface area contributed by atoms with Crippen LogP contribution in [0, 0.1) is 18.7 Å². The van der Waals surface area contributed by atoms with Crippen molar-refractivity contribution >= 4 is 11.6 Å². The van der Waals surface area contributed by atoms with Crippen LogP contribution < -0.4 is 10.6 Å². The van der Waals surface area contributed by atoms with Crippen molar-refractivity contribution in [3.63, 3.8) is 0 Å². The number of hydrogen-bond donors (Lipinski definition) is 2. The van der Waals surface area contributed by atoms with Crippen molar-refractivity contribution in [3.05, 3.63) is 53.5 Å². The van der Waals surface area contributed by atoms with Gasteiger partial charge in [-0.05, 0) is 63.8 Å². The molecule has 2 N–H and O–H groups in total. The zero-order chi connectivity index (χ0) is 27.0. The Hall–Kier alpha value is -3.44. The number of amides is 1. The number of ether oxygens (including phenoxy) is 1. The molecule has 0 unspecified atom stereocenters. The van der Waals surface area contributed by atoms with Crippen LogP contribution in [0.3, 0.4) is 0 Å². The molecule has 2 atom stereocenters. The average molecular weight is 526 g/mol. The molecular weight excluding hydrogens is 492 g/mol. The summed E-state index contributed by atoms with van der Waals surface area (Å²) in [6, 6.07) is 4.98. The lowest BCUT2D eigenvalue weighted by molar-refractivity contribution is 0.0116. The Morgan fingerprint density at radius 1 is 1.18 bits per heavy atom. The van der Waals surface area contributed by atoms with Crippen molar-refractivity contribution in [3.8, 4) is 16.9 Å². The van der Waals surface area contributed by atoms with Crippen molar-refractivity contribution in [1.29, 1.82) is 0 Å². The zero-order valence-electron chi connectivity index (χ0n) is 22.0. The second-order valence-corrected chi connectivity index (χ2v) is 10.4. The van der Waals surface area contributed by atoms with Crippen LogP contribution in [-0.4, -0.2) is 75.2 Å². The van der Waals surface area contributed by atoms with E-state index >= 15 is 0 Å². The van der Waals surface area contributed by atoms with Crippen LogP contribution in [0.2, 0.25) is 0 Å². The Bertz CT molecular complexity index is 1320. The topological polar surface area (TPSA) is 97.2 Å². The minimum absolute atomic E-state index is 0.0201. The van der Waals surface area contributed by atoms with Gasteiger partial charge in [-0.1, -0.05) is 5.21 Å². The molecule has 11 heteroatoms. The van der Waals surface area contributed by atoms with Crippen LogP contribution in [0.4, 0.5) is 14.5 Å². The number of carbonyl (C=O) groups is 1. The number of likely N-dealkylation sites (tertiary alicyclic amines) is 1. The summed E-state index contributed by atoms with van der Waals surface area (Å²) in [5.41, 5.74) is 2.08. The van der Waals surface area contributed by atoms with Gasteiger partial charge in [-0.2, -0.15) is 4.39 Å². The van der Waals surface area contributed by atoms with E-state index in [1.165, 1.54) is 23.0 Å². The van der Waals surface area contributed by atoms with Crippen molar-refractivity contribution in [1.82, 2.24) is 30.2 Å². The maximum atomic E-state index is 14.8. The summed E-state index contributed by atoms with van der Waals surface area (Å²) in [5.74, 6) is -1.75. The number of nitrogens with one attached hydrogen (secondary N) is 2. The van der Waals surface area contributed by atoms with Crippen molar-refractivity contribution in [2.75, 3.05) is 25.5 Å². The van der Waals surface area contributed by atoms with E-state index in [9.17, 15) is 13.6 Å². The lowest BCUT2D eigenvalue weighted by Gasteiger charge is -2.40. The minimum atomic E-state index is -0.680. The molecule has 0 spiro atoms. The van der Waals surface area contributed by atoms with Gasteiger partial charge in [0.2, 0.25) is 5.95 Å². The van der Waals surface area contributed by atoms with Crippen LogP contribution in [0.25, 0.3) is 16.9 Å². The molecule has 0 radical (unpaired) electrons. The summed E-state index contributed by atoms with van der Waals surface area (Å²) in [5, 5.41) is 14.5. The molecule has 1 saturated heterocycles. The van der Waals surface area contributed by atoms with Crippen LogP contribution >= 0.6 is 0 Å². The normalized spacial score (nSPS) is 20.1. The van der Waals surface area contributed by atoms with E-state index in [-0.39, 0.29) is 35.0 Å². The maximum absolute atomic E-state index is 14.8. The molecule has 1 aliphatic heterocycles. The summed E-state index contributed by atoms with van der Waals surface area (Å²) < 4.78 is 36.5. The van der Waals surface area contributed by atoms with Crippen molar-refractivity contribution in [2.45, 2.75) is 64.3 Å². The average Bonchev–Trinajstić information content (AvgIpc) is 3.57. The number of rotatable bonds is 8. The molecule has 1 aromatic carbocycles. The second-order valence-electron chi connectivity index (χ2n) is 10.4. The number of benzene rings is 1. The Morgan fingerprint density at radius 2 is 1.97 bits per heavy atom. The van der Waals surface area contributed by atoms with Gasteiger partial charge < -0.3 is 15.4 Å². The molecule has 9 nitrogen and oxygen atoms in total. The van der Waals surface area contributed by atoms with E-state index in [0.29, 0.717) is 23.0 Å². The highest BCUT2D eigenvalue weighted by Gasteiger charge is 2.31. The fourth-order valence-electron chi connectivity index (χ4n) is 4.81. The number of halogens is 2. The highest BCUT2D eigenvalue weighted by molar-refractivity contribution is 5.95. The fourth-order valence-corrected chi connectivity index (χ4v) is 4.81. The summed E-state index contributed by atoms with van der Waals surface area (Å²) in [4.78, 5) is 18.8. The lowest BCUT2D eigenvalue weighted by atomic mass is 10.00. The third kappa shape index (κ3) is 5.53. The number of methoxy groups -OCH3 is 1. The number of pyridine rings is 1. The summed E-state index contributed by atoms with van der Waals surface area (Å²) >= 11 is 0. The molecule has 1 aliphatic carbocycles. The van der Waals surface area contributed by atoms with E-state index in [4.69, 9.17) is 4.74 Å². The van der Waals surface area contributed by atoms with Gasteiger partial charge in [0.05, 0.1) is 47.0 Å². The third-order valence-corrected chi connectivity index (χ3v) is 7.27. The van der Waals surface area contributed by atoms with Gasteiger partial charge in [0.1, 0.15) is 11.5 Å². The van der Waals surface area contributed by atoms with E-state index in [2.05, 4.69) is 44.7 Å². The highest BCUT2D eigenvalue weighted by Crippen LogP contribution is 2.27. The number of carbonyl (C=O) groups excluding carboxylic acids is 1. The first-order valence-electron chi connectivity index (χ1n) is 13.0. The number of aromatic nitrogens is 4. The Labute approximate surface area is 220 Å². The lowest BCUT2D eigenvalue weighted by Crippen LogP contribution is -2.52. The molecule has 2 aliphatic rings. The van der Waals surface area contributed by atoms with E-state index < -0.39 is 17.7 Å². The Morgan fingerprint density at radius 3 is 2.68 bits per heavy atom. The number of aryl methyl sites for hydroxylation is 1. The summed E-state index contributed by atoms with van der Waals surface area (Å²) in [6.45, 7) is 7.79. The molecule has 5 rings (SSSR count). The largest absolute Gasteiger partial charge is 0.378 e. The van der Waals surface area contributed by atoms with Crippen molar-refractivity contribution < 1.29 is 18.3 Å². The monoisotopic (exact) mass is 525 g/mol. The SMILES string of the molecule is CO[C@@H]1CN(C(C)C)CC[C@@H]1Nc1cnc(F)c(-c2cn(-c3cc(C(=O)NC4CC4)c(F)cc3C)nn2)c1. The van der Waals surface area contributed by atoms with Gasteiger partial charge >= 0.3 is 0 Å². The number of anilines is 1. The van der Waals surface area contributed by atoms with Gasteiger partial charge in [-0.3, -0.25) is 9.69 Å². The smallest absolute Gasteiger partial charge is 0.254 e. The van der Waals surface area contributed by atoms with E-state index in [0.717, 1.165) is 32.4 Å². The van der Waals surface area contributed by atoms with Gasteiger partial charge in [0, 0.05) is 32.3 Å². The standard InChI is InChI=1S/C27H33F2N7O2/c1-15(2)35-8-7-22(25(14-35)38-4)31-18-10-20(26(29)30-12-18)23-13-36(34-33-23)24-11-19(21(28)9-16(24)3)27(37)32-17-5-6-17/h9-13,15,17,22,25,31H,5-8,14H2,1-4H3,(H,32,37)/t22-,25+/m0/s1. The maximum Gasteiger partial charge on any atom is 0.254 e. The van der Waals surface area contributed by atoms with Crippen LogP contribution in [0.1, 0.15) is 49.0 Å². The Balaban J connectivity index is 1.37. The summed E-state index contributed by atoms with van der Waals surface area (Å²) in [6.07, 6.45) is 5.66. The first-order valence-corrected chi connectivity index (χ1v) is 13.0. The first-order chi connectivity index (χ1) is 18.2. The fraction of sp³-hybridized carbons (Fsp3) is 0.481. The molecule has 2 aromatic heterocycles. The third-order valence-electron chi connectivity index (χ3n) is 7.27. The molecule has 2 fully saturated rings. The molecule has 3 aromatic rings. The minimum Gasteiger partial charge on any atom is -0.378 e. The van der Waals surface area contributed by atoms with Crippen LogP contribution in [0.15, 0.2) is 30.6 Å². The molecule has 202 valence electrons. The Kier molecular flexibility index (Phi) is 7.40. The van der Waals surface area contributed by atoms with E-state index in [1.807, 2.05) is 0 Å². The quantitative estimate of drug-likeness (QED) is 0.433. The zero-order valence-corrected chi connectivity index (χ0v) is 22.0. The van der Waals surface area contributed by atoms with Crippen LogP contribution in [-0.2, 0) is 4.74 Å². The van der Waals surface area contributed by atoms with Crippen molar-refractivity contribution in [2.24, 2.45) is 0 Å². The van der Waals surface area contributed by atoms with E-state index in [1.54, 1.807) is 26.3 Å². The molecular formula is C27H33F2N7O2. The van der Waals surface area contributed by atoms with Gasteiger partial charge in [0.25, 0.3) is 5.91 Å². The highest BCUT2D eigenvalue weighted by atomic mass is 19.1. The van der Waals surface area contributed by atoms with Crippen LogP contribution in [0.5, 0.6) is 0 Å². The molecule has 1 amide bonds. The predicted octanol–water partition coefficient (Wildman–Crippen LogP) is 3.72. The summed E-state index contributed by atoms with van der Waals surface area (Å²) in [7, 11) is 1.70. The molecule has 38 heavy (non-hydrogen) atoms. The number of hydrogen-bond acceptors (Lipinski definition) is 7. The first kappa shape index (κ1) is 26.2. The number of piperidine rings is 1. The molecule has 3 heterocycles. The van der Waals surface area contributed by atoms with Gasteiger partial charge in [-0.25, -0.2) is 14.1 Å². The van der Waals surface area contributed by atoms with Gasteiger partial charge in [-0.15, -0.1) is 5.10 Å².